The lowest BCUT2D eigenvalue weighted by Gasteiger charge is -2.37. The fourth-order valence-corrected chi connectivity index (χ4v) is 3.63. The second-order valence-electron chi connectivity index (χ2n) is 6.01. The lowest BCUT2D eigenvalue weighted by Crippen LogP contribution is -2.49. The number of aliphatic hydroxyl groups excluding tert-OH is 3. The zero-order valence-electron chi connectivity index (χ0n) is 11.1. The Morgan fingerprint density at radius 1 is 1.00 bits per heavy atom. The minimum absolute atomic E-state index is 0.0777. The third-order valence-electron chi connectivity index (χ3n) is 4.75. The van der Waals surface area contributed by atoms with Crippen LogP contribution in [0.4, 0.5) is 0 Å². The van der Waals surface area contributed by atoms with Crippen LogP contribution < -0.4 is 5.32 Å². The van der Waals surface area contributed by atoms with Crippen LogP contribution in [-0.2, 0) is 0 Å². The third-order valence-corrected chi connectivity index (χ3v) is 4.75. The monoisotopic (exact) mass is 265 g/mol. The highest BCUT2D eigenvalue weighted by Crippen LogP contribution is 2.33. The molecule has 0 aromatic carbocycles. The quantitative estimate of drug-likeness (QED) is 0.591. The van der Waals surface area contributed by atoms with Gasteiger partial charge in [0.1, 0.15) is 12.2 Å². The number of aliphatic hydroxyl groups is 3. The Kier molecular flexibility index (Phi) is 3.76. The van der Waals surface area contributed by atoms with Gasteiger partial charge in [-0.1, -0.05) is 25.0 Å². The van der Waals surface area contributed by atoms with Gasteiger partial charge < -0.3 is 20.6 Å². The largest absolute Gasteiger partial charge is 0.387 e. The van der Waals surface area contributed by atoms with E-state index in [2.05, 4.69) is 5.32 Å². The van der Waals surface area contributed by atoms with Crippen LogP contribution in [-0.4, -0.2) is 45.7 Å². The Balaban J connectivity index is 1.72. The van der Waals surface area contributed by atoms with Gasteiger partial charge >= 0.3 is 0 Å². The maximum absolute atomic E-state index is 10.5. The van der Waals surface area contributed by atoms with Crippen LogP contribution in [0.2, 0.25) is 0 Å². The molecule has 106 valence electrons. The Hall–Kier alpha value is -0.680. The van der Waals surface area contributed by atoms with Crippen LogP contribution in [0.5, 0.6) is 0 Å². The summed E-state index contributed by atoms with van der Waals surface area (Å²) in [5.41, 5.74) is 1.62. The molecule has 0 aromatic heterocycles. The van der Waals surface area contributed by atoms with E-state index in [0.29, 0.717) is 6.04 Å². The minimum atomic E-state index is -0.845. The summed E-state index contributed by atoms with van der Waals surface area (Å²) in [7, 11) is 0. The predicted molar refractivity (Wildman–Crippen MR) is 72.6 cm³/mol. The average molecular weight is 265 g/mol. The normalized spacial score (nSPS) is 39.7. The first-order chi connectivity index (χ1) is 9.16. The van der Waals surface area contributed by atoms with Crippen molar-refractivity contribution in [1.29, 1.82) is 0 Å². The van der Waals surface area contributed by atoms with Crippen LogP contribution in [0.25, 0.3) is 0 Å². The highest BCUT2D eigenvalue weighted by Gasteiger charge is 2.36. The van der Waals surface area contributed by atoms with Crippen molar-refractivity contribution in [1.82, 2.24) is 5.32 Å². The van der Waals surface area contributed by atoms with Gasteiger partial charge in [0, 0.05) is 12.1 Å². The van der Waals surface area contributed by atoms with Gasteiger partial charge in [0.25, 0.3) is 0 Å². The first-order valence-electron chi connectivity index (χ1n) is 7.38. The van der Waals surface area contributed by atoms with Crippen molar-refractivity contribution in [2.24, 2.45) is 0 Å². The first kappa shape index (κ1) is 13.3. The summed E-state index contributed by atoms with van der Waals surface area (Å²) in [6, 6.07) is 0.610. The molecule has 0 radical (unpaired) electrons. The summed E-state index contributed by atoms with van der Waals surface area (Å²) in [4.78, 5) is 0. The third kappa shape index (κ3) is 2.50. The van der Waals surface area contributed by atoms with Crippen molar-refractivity contribution in [2.45, 2.75) is 68.9 Å². The van der Waals surface area contributed by atoms with Crippen molar-refractivity contribution < 1.29 is 15.3 Å². The Bertz CT molecular complexity index is 398. The summed E-state index contributed by atoms with van der Waals surface area (Å²) in [6.07, 6.45) is 7.64. The molecular weight excluding hydrogens is 242 g/mol. The summed E-state index contributed by atoms with van der Waals surface area (Å²) in [5.74, 6) is 0. The summed E-state index contributed by atoms with van der Waals surface area (Å²) in [6.45, 7) is 0. The molecule has 4 nitrogen and oxygen atoms in total. The number of rotatable bonds is 2. The summed E-state index contributed by atoms with van der Waals surface area (Å²) >= 11 is 0. The van der Waals surface area contributed by atoms with Crippen molar-refractivity contribution in [3.05, 3.63) is 23.3 Å². The summed E-state index contributed by atoms with van der Waals surface area (Å²) in [5, 5.41) is 33.6. The fraction of sp³-hybridized carbons (Fsp3) is 0.733. The molecule has 3 aliphatic rings. The molecule has 19 heavy (non-hydrogen) atoms. The van der Waals surface area contributed by atoms with Gasteiger partial charge in [0.2, 0.25) is 0 Å². The van der Waals surface area contributed by atoms with E-state index >= 15 is 0 Å². The smallest absolute Gasteiger partial charge is 0.105 e. The molecule has 4 heteroatoms. The molecule has 0 amide bonds. The Morgan fingerprint density at radius 3 is 2.47 bits per heavy atom. The Morgan fingerprint density at radius 2 is 1.74 bits per heavy atom. The van der Waals surface area contributed by atoms with Gasteiger partial charge in [-0.25, -0.2) is 0 Å². The van der Waals surface area contributed by atoms with E-state index in [1.807, 2.05) is 0 Å². The molecule has 0 aliphatic heterocycles. The van der Waals surface area contributed by atoms with Crippen LogP contribution in [0.3, 0.4) is 0 Å². The molecule has 3 aliphatic carbocycles. The molecule has 4 atom stereocenters. The van der Waals surface area contributed by atoms with Crippen LogP contribution in [0.1, 0.15) is 38.5 Å². The molecule has 0 bridgehead atoms. The van der Waals surface area contributed by atoms with Crippen molar-refractivity contribution in [2.75, 3.05) is 0 Å². The van der Waals surface area contributed by atoms with E-state index in [4.69, 9.17) is 0 Å². The SMILES string of the molecule is OC1C=CC2=C(CCC(NC3CCCC3)C2O)C1O. The molecule has 0 heterocycles. The molecule has 0 saturated heterocycles. The second kappa shape index (κ2) is 5.37. The molecule has 4 N–H and O–H groups in total. The maximum atomic E-state index is 10.5. The van der Waals surface area contributed by atoms with Crippen LogP contribution >= 0.6 is 0 Å². The van der Waals surface area contributed by atoms with Gasteiger partial charge in [0.05, 0.1) is 6.10 Å². The highest BCUT2D eigenvalue weighted by molar-refractivity contribution is 5.40. The van der Waals surface area contributed by atoms with Gasteiger partial charge in [-0.15, -0.1) is 0 Å². The van der Waals surface area contributed by atoms with E-state index in [0.717, 1.165) is 24.0 Å². The zero-order valence-corrected chi connectivity index (χ0v) is 11.1. The van der Waals surface area contributed by atoms with E-state index in [9.17, 15) is 15.3 Å². The second-order valence-corrected chi connectivity index (χ2v) is 6.01. The standard InChI is InChI=1S/C15H23NO3/c17-13-8-6-10-11(15(13)19)5-7-12(14(10)18)16-9-3-1-2-4-9/h6,8-9,12-19H,1-5,7H2. The number of nitrogens with one attached hydrogen (secondary N) is 1. The van der Waals surface area contributed by atoms with E-state index in [-0.39, 0.29) is 6.04 Å². The fourth-order valence-electron chi connectivity index (χ4n) is 3.63. The lowest BCUT2D eigenvalue weighted by molar-refractivity contribution is 0.0580. The number of hydrogen-bond acceptors (Lipinski definition) is 4. The van der Waals surface area contributed by atoms with E-state index in [1.54, 1.807) is 12.2 Å². The van der Waals surface area contributed by atoms with Crippen molar-refractivity contribution in [3.63, 3.8) is 0 Å². The van der Waals surface area contributed by atoms with Crippen LogP contribution in [0.15, 0.2) is 23.3 Å². The van der Waals surface area contributed by atoms with Gasteiger partial charge in [-0.05, 0) is 36.8 Å². The molecule has 1 fully saturated rings. The van der Waals surface area contributed by atoms with Gasteiger partial charge in [-0.3, -0.25) is 0 Å². The van der Waals surface area contributed by atoms with Gasteiger partial charge in [0.15, 0.2) is 0 Å². The molecule has 1 saturated carbocycles. The minimum Gasteiger partial charge on any atom is -0.387 e. The topological polar surface area (TPSA) is 72.7 Å². The van der Waals surface area contributed by atoms with Crippen LogP contribution in [0, 0.1) is 0 Å². The van der Waals surface area contributed by atoms with Gasteiger partial charge in [-0.2, -0.15) is 0 Å². The highest BCUT2D eigenvalue weighted by atomic mass is 16.3. The summed E-state index contributed by atoms with van der Waals surface area (Å²) < 4.78 is 0. The average Bonchev–Trinajstić information content (AvgIpc) is 2.90. The predicted octanol–water partition coefficient (Wildman–Crippen LogP) is 0.630. The molecule has 3 rings (SSSR count). The zero-order chi connectivity index (χ0) is 13.4. The number of hydrogen-bond donors (Lipinski definition) is 4. The lowest BCUT2D eigenvalue weighted by atomic mass is 9.79. The molecule has 0 aromatic rings. The molecular formula is C15H23NO3. The van der Waals surface area contributed by atoms with E-state index in [1.165, 1.54) is 25.7 Å². The van der Waals surface area contributed by atoms with Crippen molar-refractivity contribution in [3.8, 4) is 0 Å². The van der Waals surface area contributed by atoms with Crippen molar-refractivity contribution >= 4 is 0 Å². The van der Waals surface area contributed by atoms with E-state index < -0.39 is 18.3 Å². The Labute approximate surface area is 113 Å². The first-order valence-corrected chi connectivity index (χ1v) is 7.38. The maximum Gasteiger partial charge on any atom is 0.105 e. The molecule has 0 spiro atoms. The molecule has 4 unspecified atom stereocenters.